The molecule has 0 radical (unpaired) electrons. The minimum absolute atomic E-state index is 0.0501. The van der Waals surface area contributed by atoms with Crippen LogP contribution in [0.25, 0.3) is 0 Å². The van der Waals surface area contributed by atoms with E-state index in [4.69, 9.17) is 9.47 Å². The second-order valence-corrected chi connectivity index (χ2v) is 12.9. The molecule has 43 heavy (non-hydrogen) atoms. The van der Waals surface area contributed by atoms with Gasteiger partial charge in [-0.15, -0.1) is 0 Å². The monoisotopic (exact) mass is 605 g/mol. The molecule has 1 aliphatic heterocycles. The molecular weight excluding hydrogens is 566 g/mol. The Morgan fingerprint density at radius 2 is 1.60 bits per heavy atom. The number of nitrogens with zero attached hydrogens (tertiary/aromatic N) is 2. The van der Waals surface area contributed by atoms with Crippen LogP contribution in [-0.4, -0.2) is 57.0 Å². The average Bonchev–Trinajstić information content (AvgIpc) is 3.53. The quantitative estimate of drug-likeness (QED) is 0.336. The average molecular weight is 606 g/mol. The van der Waals surface area contributed by atoms with E-state index >= 15 is 0 Å². The largest absolute Gasteiger partial charge is 0.486 e. The highest BCUT2D eigenvalue weighted by atomic mass is 32.2. The van der Waals surface area contributed by atoms with Gasteiger partial charge in [-0.1, -0.05) is 62.2 Å². The zero-order valence-electron chi connectivity index (χ0n) is 24.7. The zero-order valence-corrected chi connectivity index (χ0v) is 25.5. The Morgan fingerprint density at radius 1 is 0.930 bits per heavy atom. The van der Waals surface area contributed by atoms with Gasteiger partial charge in [0.2, 0.25) is 11.8 Å². The summed E-state index contributed by atoms with van der Waals surface area (Å²) < 4.78 is 40.6. The van der Waals surface area contributed by atoms with E-state index in [9.17, 15) is 18.0 Å². The van der Waals surface area contributed by atoms with Gasteiger partial charge in [-0.3, -0.25) is 13.9 Å². The lowest BCUT2D eigenvalue weighted by molar-refractivity contribution is -0.140. The molecule has 1 saturated carbocycles. The van der Waals surface area contributed by atoms with Gasteiger partial charge in [0.05, 0.1) is 10.6 Å². The summed E-state index contributed by atoms with van der Waals surface area (Å²) in [7, 11) is -4.17. The Balaban J connectivity index is 1.52. The lowest BCUT2D eigenvalue weighted by Crippen LogP contribution is -2.53. The smallest absolute Gasteiger partial charge is 0.264 e. The Kier molecular flexibility index (Phi) is 9.55. The summed E-state index contributed by atoms with van der Waals surface area (Å²) in [6, 6.07) is 19.9. The maximum Gasteiger partial charge on any atom is 0.264 e. The molecule has 1 fully saturated rings. The van der Waals surface area contributed by atoms with Gasteiger partial charge in [0, 0.05) is 18.7 Å². The number of anilines is 1. The van der Waals surface area contributed by atoms with Gasteiger partial charge < -0.3 is 19.7 Å². The predicted molar refractivity (Wildman–Crippen MR) is 165 cm³/mol. The Labute approximate surface area is 253 Å². The lowest BCUT2D eigenvalue weighted by Gasteiger charge is -2.34. The Morgan fingerprint density at radius 3 is 2.30 bits per heavy atom. The normalized spacial score (nSPS) is 15.5. The minimum Gasteiger partial charge on any atom is -0.486 e. The fourth-order valence-electron chi connectivity index (χ4n) is 5.69. The van der Waals surface area contributed by atoms with Crippen LogP contribution in [0.5, 0.6) is 11.5 Å². The van der Waals surface area contributed by atoms with Crippen LogP contribution in [0, 0.1) is 6.92 Å². The molecule has 1 aliphatic carbocycles. The van der Waals surface area contributed by atoms with E-state index in [1.54, 1.807) is 36.4 Å². The van der Waals surface area contributed by atoms with Crippen LogP contribution < -0.4 is 19.1 Å². The molecule has 5 rings (SSSR count). The van der Waals surface area contributed by atoms with E-state index in [1.165, 1.54) is 17.0 Å². The molecule has 1 heterocycles. The SMILES string of the molecule is CC[C@@H](C(=O)NC1CCCC1)N(Cc1ccccc1C)C(=O)CN(c1ccc2c(c1)OCCO2)S(=O)(=O)c1ccccc1. The van der Waals surface area contributed by atoms with Crippen molar-refractivity contribution in [2.75, 3.05) is 24.1 Å². The van der Waals surface area contributed by atoms with Gasteiger partial charge in [0.15, 0.2) is 11.5 Å². The molecular formula is C33H39N3O6S. The molecule has 9 nitrogen and oxygen atoms in total. The summed E-state index contributed by atoms with van der Waals surface area (Å²) in [5.74, 6) is 0.219. The number of carbonyl (C=O) groups excluding carboxylic acids is 2. The molecule has 1 N–H and O–H groups in total. The first-order valence-corrected chi connectivity index (χ1v) is 16.3. The number of sulfonamides is 1. The van der Waals surface area contributed by atoms with Crippen molar-refractivity contribution < 1.29 is 27.5 Å². The van der Waals surface area contributed by atoms with Crippen LogP contribution in [0.4, 0.5) is 5.69 Å². The van der Waals surface area contributed by atoms with Crippen molar-refractivity contribution in [1.82, 2.24) is 10.2 Å². The molecule has 228 valence electrons. The van der Waals surface area contributed by atoms with E-state index in [1.807, 2.05) is 38.1 Å². The molecule has 2 amide bonds. The highest BCUT2D eigenvalue weighted by Crippen LogP contribution is 2.36. The number of fused-ring (bicyclic) bond motifs is 1. The molecule has 1 atom stereocenters. The fraction of sp³-hybridized carbons (Fsp3) is 0.394. The van der Waals surface area contributed by atoms with Crippen molar-refractivity contribution in [1.29, 1.82) is 0 Å². The van der Waals surface area contributed by atoms with Crippen molar-refractivity contribution in [3.05, 3.63) is 83.9 Å². The van der Waals surface area contributed by atoms with Crippen molar-refractivity contribution in [3.8, 4) is 11.5 Å². The van der Waals surface area contributed by atoms with E-state index in [2.05, 4.69) is 5.32 Å². The van der Waals surface area contributed by atoms with Gasteiger partial charge in [-0.05, 0) is 61.6 Å². The fourth-order valence-corrected chi connectivity index (χ4v) is 7.12. The van der Waals surface area contributed by atoms with E-state index in [0.717, 1.165) is 41.1 Å². The van der Waals surface area contributed by atoms with Crippen LogP contribution in [0.2, 0.25) is 0 Å². The van der Waals surface area contributed by atoms with Crippen LogP contribution in [0.1, 0.15) is 50.2 Å². The first kappa shape index (κ1) is 30.4. The molecule has 3 aromatic rings. The number of ether oxygens (including phenoxy) is 2. The van der Waals surface area contributed by atoms with Crippen molar-refractivity contribution in [2.24, 2.45) is 0 Å². The van der Waals surface area contributed by atoms with Gasteiger partial charge in [-0.2, -0.15) is 0 Å². The third-order valence-electron chi connectivity index (χ3n) is 8.11. The van der Waals surface area contributed by atoms with E-state index in [0.29, 0.717) is 31.1 Å². The highest BCUT2D eigenvalue weighted by molar-refractivity contribution is 7.92. The first-order valence-electron chi connectivity index (χ1n) is 14.9. The number of aryl methyl sites for hydroxylation is 1. The zero-order chi connectivity index (χ0) is 30.4. The summed E-state index contributed by atoms with van der Waals surface area (Å²) in [6.07, 6.45) is 4.35. The van der Waals surface area contributed by atoms with Crippen LogP contribution in [0.3, 0.4) is 0 Å². The first-order chi connectivity index (χ1) is 20.8. The third-order valence-corrected chi connectivity index (χ3v) is 9.90. The number of rotatable bonds is 11. The Hall–Kier alpha value is -4.05. The molecule has 10 heteroatoms. The number of amides is 2. The molecule has 3 aromatic carbocycles. The number of carbonyl (C=O) groups is 2. The molecule has 0 spiro atoms. The van der Waals surface area contributed by atoms with Crippen molar-refractivity contribution >= 4 is 27.5 Å². The summed E-state index contributed by atoms with van der Waals surface area (Å²) in [6.45, 7) is 4.22. The van der Waals surface area contributed by atoms with Gasteiger partial charge >= 0.3 is 0 Å². The number of hydrogen-bond donors (Lipinski definition) is 1. The Bertz CT molecular complexity index is 1540. The van der Waals surface area contributed by atoms with Gasteiger partial charge in [0.25, 0.3) is 10.0 Å². The highest BCUT2D eigenvalue weighted by Gasteiger charge is 2.35. The third kappa shape index (κ3) is 6.96. The number of benzene rings is 3. The van der Waals surface area contributed by atoms with Crippen molar-refractivity contribution in [3.63, 3.8) is 0 Å². The topological polar surface area (TPSA) is 105 Å². The predicted octanol–water partition coefficient (Wildman–Crippen LogP) is 4.83. The van der Waals surface area contributed by atoms with Crippen LogP contribution in [0.15, 0.2) is 77.7 Å². The molecule has 0 aromatic heterocycles. The standard InChI is InChI=1S/C33H39N3O6S/c1-3-29(33(38)34-26-13-9-10-14-26)35(22-25-12-8-7-11-24(25)2)32(37)23-36(43(39,40)28-15-5-4-6-16-28)27-17-18-30-31(21-27)42-20-19-41-30/h4-8,11-12,15-18,21,26,29H,3,9-10,13-14,19-20,22-23H2,1-2H3,(H,34,38)/t29-/m0/s1. The van der Waals surface area contributed by atoms with Gasteiger partial charge in [-0.25, -0.2) is 8.42 Å². The summed E-state index contributed by atoms with van der Waals surface area (Å²) in [4.78, 5) is 29.5. The summed E-state index contributed by atoms with van der Waals surface area (Å²) in [5, 5.41) is 3.15. The number of nitrogens with one attached hydrogen (secondary N) is 1. The molecule has 0 unspecified atom stereocenters. The van der Waals surface area contributed by atoms with Crippen molar-refractivity contribution in [2.45, 2.75) is 69.5 Å². The second-order valence-electron chi connectivity index (χ2n) is 11.0. The maximum atomic E-state index is 14.3. The van der Waals surface area contributed by atoms with Gasteiger partial charge in [0.1, 0.15) is 25.8 Å². The molecule has 0 bridgehead atoms. The second kappa shape index (κ2) is 13.5. The maximum absolute atomic E-state index is 14.3. The lowest BCUT2D eigenvalue weighted by atomic mass is 10.1. The minimum atomic E-state index is -4.17. The van der Waals surface area contributed by atoms with E-state index < -0.39 is 28.5 Å². The van der Waals surface area contributed by atoms with Crippen LogP contribution in [-0.2, 0) is 26.2 Å². The van der Waals surface area contributed by atoms with Crippen LogP contribution >= 0.6 is 0 Å². The summed E-state index contributed by atoms with van der Waals surface area (Å²) in [5.41, 5.74) is 2.13. The molecule has 0 saturated heterocycles. The summed E-state index contributed by atoms with van der Waals surface area (Å²) >= 11 is 0. The van der Waals surface area contributed by atoms with E-state index in [-0.39, 0.29) is 29.1 Å². The number of hydrogen-bond acceptors (Lipinski definition) is 6. The molecule has 2 aliphatic rings.